The van der Waals surface area contributed by atoms with Gasteiger partial charge in [0, 0.05) is 11.8 Å². The van der Waals surface area contributed by atoms with Gasteiger partial charge in [-0.25, -0.2) is 0 Å². The first-order valence-electron chi connectivity index (χ1n) is 5.88. The second kappa shape index (κ2) is 5.40. The number of hydrogen-bond donors (Lipinski definition) is 3. The number of Topliss-reactive ketones (excluding diaryl/α,β-unsaturated/α-hetero) is 1. The first kappa shape index (κ1) is 13.5. The van der Waals surface area contributed by atoms with Crippen molar-refractivity contribution in [2.75, 3.05) is 5.32 Å². The molecule has 0 aliphatic carbocycles. The Balaban J connectivity index is 2.23. The third-order valence-electron chi connectivity index (χ3n) is 2.77. The van der Waals surface area contributed by atoms with Crippen LogP contribution in [0, 0.1) is 0 Å². The van der Waals surface area contributed by atoms with E-state index in [1.165, 1.54) is 25.3 Å². The number of hydrogen-bond acceptors (Lipinski definition) is 3. The maximum absolute atomic E-state index is 12.0. The number of amides is 2. The highest BCUT2D eigenvalue weighted by atomic mass is 16.2. The standard InChI is InChI=1S/C14H13N3O3/c1-8(18)9-6-12(16-7-9)14(20)17-11-5-3-2-4-10(11)13(15)19/h2-7,16H,1H3,(H2,15,19)(H,17,20). The number of benzene rings is 1. The lowest BCUT2D eigenvalue weighted by molar-refractivity contribution is 0.0996. The van der Waals surface area contributed by atoms with Crippen molar-refractivity contribution in [3.8, 4) is 0 Å². The molecule has 20 heavy (non-hydrogen) atoms. The van der Waals surface area contributed by atoms with Gasteiger partial charge in [0.25, 0.3) is 11.8 Å². The van der Waals surface area contributed by atoms with Crippen molar-refractivity contribution < 1.29 is 14.4 Å². The van der Waals surface area contributed by atoms with E-state index in [2.05, 4.69) is 10.3 Å². The molecule has 2 rings (SSSR count). The minimum atomic E-state index is -0.628. The first-order chi connectivity index (χ1) is 9.49. The molecule has 6 heteroatoms. The van der Waals surface area contributed by atoms with Gasteiger partial charge < -0.3 is 16.0 Å². The molecule has 2 amide bonds. The maximum atomic E-state index is 12.0. The minimum absolute atomic E-state index is 0.141. The molecular formula is C14H13N3O3. The predicted molar refractivity (Wildman–Crippen MR) is 73.7 cm³/mol. The van der Waals surface area contributed by atoms with Gasteiger partial charge in [0.15, 0.2) is 5.78 Å². The van der Waals surface area contributed by atoms with E-state index in [9.17, 15) is 14.4 Å². The summed E-state index contributed by atoms with van der Waals surface area (Å²) in [6, 6.07) is 7.88. The Labute approximate surface area is 115 Å². The Kier molecular flexibility index (Phi) is 3.65. The molecule has 102 valence electrons. The van der Waals surface area contributed by atoms with Crippen LogP contribution in [0.1, 0.15) is 38.1 Å². The number of nitrogens with two attached hydrogens (primary N) is 1. The Hall–Kier alpha value is -2.89. The molecule has 0 spiro atoms. The lowest BCUT2D eigenvalue weighted by atomic mass is 10.1. The molecule has 1 aromatic carbocycles. The van der Waals surface area contributed by atoms with Gasteiger partial charge in [0.2, 0.25) is 0 Å². The van der Waals surface area contributed by atoms with E-state index in [4.69, 9.17) is 5.73 Å². The van der Waals surface area contributed by atoms with Crippen molar-refractivity contribution in [1.29, 1.82) is 0 Å². The van der Waals surface area contributed by atoms with Crippen LogP contribution in [0.5, 0.6) is 0 Å². The van der Waals surface area contributed by atoms with Gasteiger partial charge in [-0.2, -0.15) is 0 Å². The molecule has 2 aromatic rings. The van der Waals surface area contributed by atoms with Crippen LogP contribution in [0.4, 0.5) is 5.69 Å². The zero-order valence-corrected chi connectivity index (χ0v) is 10.8. The topological polar surface area (TPSA) is 105 Å². The summed E-state index contributed by atoms with van der Waals surface area (Å²) in [6.07, 6.45) is 1.46. The molecule has 0 aliphatic rings. The SMILES string of the molecule is CC(=O)c1c[nH]c(C(=O)Nc2ccccc2C(N)=O)c1. The van der Waals surface area contributed by atoms with E-state index in [1.54, 1.807) is 18.2 Å². The van der Waals surface area contributed by atoms with Gasteiger partial charge in [0.05, 0.1) is 11.3 Å². The molecule has 6 nitrogen and oxygen atoms in total. The zero-order chi connectivity index (χ0) is 14.7. The lowest BCUT2D eigenvalue weighted by Crippen LogP contribution is -2.18. The molecular weight excluding hydrogens is 258 g/mol. The van der Waals surface area contributed by atoms with Crippen LogP contribution in [-0.4, -0.2) is 22.6 Å². The summed E-state index contributed by atoms with van der Waals surface area (Å²) in [4.78, 5) is 37.1. The van der Waals surface area contributed by atoms with E-state index < -0.39 is 11.8 Å². The highest BCUT2D eigenvalue weighted by Gasteiger charge is 2.14. The van der Waals surface area contributed by atoms with Crippen LogP contribution in [0.2, 0.25) is 0 Å². The summed E-state index contributed by atoms with van der Waals surface area (Å²) in [7, 11) is 0. The number of carbonyl (C=O) groups excluding carboxylic acids is 3. The number of rotatable bonds is 4. The van der Waals surface area contributed by atoms with Gasteiger partial charge in [-0.3, -0.25) is 14.4 Å². The van der Waals surface area contributed by atoms with E-state index in [-0.39, 0.29) is 17.0 Å². The molecule has 0 fully saturated rings. The number of nitrogens with one attached hydrogen (secondary N) is 2. The number of ketones is 1. The van der Waals surface area contributed by atoms with Crippen molar-refractivity contribution in [3.05, 3.63) is 53.3 Å². The third-order valence-corrected chi connectivity index (χ3v) is 2.77. The largest absolute Gasteiger partial charge is 0.366 e. The number of H-pyrrole nitrogens is 1. The fourth-order valence-corrected chi connectivity index (χ4v) is 1.73. The molecule has 4 N–H and O–H groups in total. The zero-order valence-electron chi connectivity index (χ0n) is 10.8. The summed E-state index contributed by atoms with van der Waals surface area (Å²) in [5.74, 6) is -1.22. The first-order valence-corrected chi connectivity index (χ1v) is 5.88. The Morgan fingerprint density at radius 2 is 1.90 bits per heavy atom. The fraction of sp³-hybridized carbons (Fsp3) is 0.0714. The molecule has 0 unspecified atom stereocenters. The Morgan fingerprint density at radius 1 is 1.20 bits per heavy atom. The Morgan fingerprint density at radius 3 is 2.50 bits per heavy atom. The minimum Gasteiger partial charge on any atom is -0.366 e. The molecule has 0 radical (unpaired) electrons. The maximum Gasteiger partial charge on any atom is 0.272 e. The van der Waals surface area contributed by atoms with Crippen molar-refractivity contribution in [3.63, 3.8) is 0 Å². The van der Waals surface area contributed by atoms with Gasteiger partial charge >= 0.3 is 0 Å². The molecule has 0 aliphatic heterocycles. The summed E-state index contributed by atoms with van der Waals surface area (Å²) < 4.78 is 0. The van der Waals surface area contributed by atoms with Crippen molar-refractivity contribution in [2.45, 2.75) is 6.92 Å². The molecule has 0 bridgehead atoms. The van der Waals surface area contributed by atoms with Crippen LogP contribution in [0.3, 0.4) is 0 Å². The van der Waals surface area contributed by atoms with Crippen LogP contribution in [0.15, 0.2) is 36.5 Å². The lowest BCUT2D eigenvalue weighted by Gasteiger charge is -2.07. The predicted octanol–water partition coefficient (Wildman–Crippen LogP) is 1.57. The number of aromatic nitrogens is 1. The number of primary amides is 1. The van der Waals surface area contributed by atoms with Crippen molar-refractivity contribution in [2.24, 2.45) is 5.73 Å². The fourth-order valence-electron chi connectivity index (χ4n) is 1.73. The van der Waals surface area contributed by atoms with Gasteiger partial charge in [0.1, 0.15) is 5.69 Å². The van der Waals surface area contributed by atoms with E-state index in [1.807, 2.05) is 0 Å². The third kappa shape index (κ3) is 2.74. The monoisotopic (exact) mass is 271 g/mol. The van der Waals surface area contributed by atoms with E-state index in [0.29, 0.717) is 11.3 Å². The number of carbonyl (C=O) groups is 3. The van der Waals surface area contributed by atoms with E-state index in [0.717, 1.165) is 0 Å². The number of para-hydroxylation sites is 1. The summed E-state index contributed by atoms with van der Waals surface area (Å²) in [5, 5.41) is 2.58. The second-order valence-corrected chi connectivity index (χ2v) is 4.22. The van der Waals surface area contributed by atoms with Gasteiger partial charge in [-0.05, 0) is 25.1 Å². The highest BCUT2D eigenvalue weighted by molar-refractivity contribution is 6.09. The average molecular weight is 271 g/mol. The van der Waals surface area contributed by atoms with Crippen molar-refractivity contribution in [1.82, 2.24) is 4.98 Å². The van der Waals surface area contributed by atoms with Gasteiger partial charge in [-0.15, -0.1) is 0 Å². The van der Waals surface area contributed by atoms with Crippen LogP contribution in [0.25, 0.3) is 0 Å². The number of aromatic amines is 1. The van der Waals surface area contributed by atoms with Crippen LogP contribution >= 0.6 is 0 Å². The van der Waals surface area contributed by atoms with Crippen molar-refractivity contribution >= 4 is 23.3 Å². The van der Waals surface area contributed by atoms with Crippen LogP contribution in [-0.2, 0) is 0 Å². The van der Waals surface area contributed by atoms with E-state index >= 15 is 0 Å². The molecule has 1 heterocycles. The summed E-state index contributed by atoms with van der Waals surface area (Å²) >= 11 is 0. The molecule has 0 saturated carbocycles. The normalized spacial score (nSPS) is 10.1. The molecule has 0 saturated heterocycles. The molecule has 0 atom stereocenters. The van der Waals surface area contributed by atoms with Gasteiger partial charge in [-0.1, -0.05) is 12.1 Å². The smallest absolute Gasteiger partial charge is 0.272 e. The Bertz CT molecular complexity index is 688. The quantitative estimate of drug-likeness (QED) is 0.735. The molecule has 1 aromatic heterocycles. The number of anilines is 1. The second-order valence-electron chi connectivity index (χ2n) is 4.22. The highest BCUT2D eigenvalue weighted by Crippen LogP contribution is 2.15. The summed E-state index contributed by atoms with van der Waals surface area (Å²) in [5.41, 5.74) is 6.42. The average Bonchev–Trinajstić information content (AvgIpc) is 2.89. The summed E-state index contributed by atoms with van der Waals surface area (Å²) in [6.45, 7) is 1.41. The van der Waals surface area contributed by atoms with Crippen LogP contribution < -0.4 is 11.1 Å².